The Morgan fingerprint density at radius 2 is 1.65 bits per heavy atom. The van der Waals surface area contributed by atoms with E-state index in [1.165, 1.54) is 6.07 Å². The van der Waals surface area contributed by atoms with Crippen LogP contribution in [-0.2, 0) is 6.18 Å². The summed E-state index contributed by atoms with van der Waals surface area (Å²) in [5.41, 5.74) is 1.99. The van der Waals surface area contributed by atoms with Gasteiger partial charge >= 0.3 is 6.18 Å². The van der Waals surface area contributed by atoms with Gasteiger partial charge in [0.15, 0.2) is 0 Å². The van der Waals surface area contributed by atoms with Crippen molar-refractivity contribution in [2.75, 3.05) is 18.0 Å². The van der Waals surface area contributed by atoms with Crippen molar-refractivity contribution in [3.8, 4) is 11.5 Å². The maximum atomic E-state index is 13.2. The summed E-state index contributed by atoms with van der Waals surface area (Å²) < 4.78 is 45.3. The van der Waals surface area contributed by atoms with Crippen LogP contribution in [0.4, 0.5) is 18.9 Å². The highest BCUT2D eigenvalue weighted by atomic mass is 32.2. The number of nitrogens with zero attached hydrogens (tertiary/aromatic N) is 5. The van der Waals surface area contributed by atoms with Gasteiger partial charge in [-0.05, 0) is 55.9 Å². The summed E-state index contributed by atoms with van der Waals surface area (Å²) in [6.07, 6.45) is -4.66. The summed E-state index contributed by atoms with van der Waals surface area (Å²) in [6.45, 7) is 5.95. The van der Waals surface area contributed by atoms with E-state index in [2.05, 4.69) is 38.9 Å². The highest BCUT2D eigenvalue weighted by molar-refractivity contribution is 7.99. The van der Waals surface area contributed by atoms with Crippen molar-refractivity contribution in [1.82, 2.24) is 20.2 Å². The van der Waals surface area contributed by atoms with Crippen LogP contribution >= 0.6 is 11.8 Å². The smallest absolute Gasteiger partial charge is 0.411 e. The van der Waals surface area contributed by atoms with E-state index in [9.17, 15) is 13.2 Å². The number of benzene rings is 2. The normalized spacial score (nSPS) is 11.8. The van der Waals surface area contributed by atoms with Gasteiger partial charge in [-0.25, -0.2) is 9.97 Å². The molecule has 0 aliphatic heterocycles. The molecule has 0 spiro atoms. The minimum atomic E-state index is -4.66. The largest absolute Gasteiger partial charge is 0.451 e. The van der Waals surface area contributed by atoms with E-state index in [0.717, 1.165) is 36.1 Å². The average molecular weight is 445 g/mol. The third-order valence-corrected chi connectivity index (χ3v) is 5.50. The van der Waals surface area contributed by atoms with Gasteiger partial charge < -0.3 is 9.32 Å². The van der Waals surface area contributed by atoms with E-state index in [1.54, 1.807) is 18.2 Å². The molecule has 0 aliphatic rings. The first-order valence-corrected chi connectivity index (χ1v) is 10.4. The molecule has 0 N–H and O–H groups in total. The van der Waals surface area contributed by atoms with Crippen molar-refractivity contribution in [3.63, 3.8) is 0 Å². The molecule has 160 valence electrons. The third-order valence-electron chi connectivity index (χ3n) is 4.66. The Morgan fingerprint density at radius 1 is 0.935 bits per heavy atom. The first-order chi connectivity index (χ1) is 14.9. The van der Waals surface area contributed by atoms with Gasteiger partial charge in [0.2, 0.25) is 11.7 Å². The van der Waals surface area contributed by atoms with Crippen LogP contribution in [0.25, 0.3) is 22.4 Å². The lowest BCUT2D eigenvalue weighted by atomic mass is 10.2. The number of halogens is 3. The maximum Gasteiger partial charge on any atom is 0.451 e. The molecule has 2 aromatic heterocycles. The van der Waals surface area contributed by atoms with Crippen LogP contribution in [0, 0.1) is 0 Å². The SMILES string of the molecule is CCN(CC)c1ccc(-c2nnc(Sc3nc(C(F)(F)F)nc4ccccc34)o2)cc1. The minimum absolute atomic E-state index is 0.0970. The lowest BCUT2D eigenvalue weighted by Crippen LogP contribution is -2.21. The second-order valence-electron chi connectivity index (χ2n) is 6.56. The monoisotopic (exact) mass is 445 g/mol. The molecule has 6 nitrogen and oxygen atoms in total. The summed E-state index contributed by atoms with van der Waals surface area (Å²) in [5, 5.41) is 8.68. The molecule has 0 aliphatic carbocycles. The van der Waals surface area contributed by atoms with Gasteiger partial charge in [0.05, 0.1) is 5.52 Å². The highest BCUT2D eigenvalue weighted by Gasteiger charge is 2.35. The Morgan fingerprint density at radius 3 is 2.32 bits per heavy atom. The molecule has 2 heterocycles. The Bertz CT molecular complexity index is 1190. The lowest BCUT2D eigenvalue weighted by molar-refractivity contribution is -0.145. The third kappa shape index (κ3) is 4.48. The molecule has 0 saturated heterocycles. The molecule has 0 unspecified atom stereocenters. The van der Waals surface area contributed by atoms with E-state index in [-0.39, 0.29) is 21.7 Å². The first-order valence-electron chi connectivity index (χ1n) is 9.59. The summed E-state index contributed by atoms with van der Waals surface area (Å²) in [6, 6.07) is 14.2. The van der Waals surface area contributed by atoms with Gasteiger partial charge in [-0.15, -0.1) is 10.2 Å². The molecular weight excluding hydrogens is 427 g/mol. The topological polar surface area (TPSA) is 67.9 Å². The second kappa shape index (κ2) is 8.54. The fraction of sp³-hybridized carbons (Fsp3) is 0.238. The van der Waals surface area contributed by atoms with Crippen molar-refractivity contribution in [2.45, 2.75) is 30.3 Å². The number of fused-ring (bicyclic) bond motifs is 1. The summed E-state index contributed by atoms with van der Waals surface area (Å²) >= 11 is 0.879. The van der Waals surface area contributed by atoms with Crippen LogP contribution in [0.3, 0.4) is 0 Å². The zero-order valence-electron chi connectivity index (χ0n) is 16.7. The molecular formula is C21H18F3N5OS. The van der Waals surface area contributed by atoms with Crippen LogP contribution < -0.4 is 4.90 Å². The number of para-hydroxylation sites is 1. The number of hydrogen-bond donors (Lipinski definition) is 0. The quantitative estimate of drug-likeness (QED) is 0.353. The van der Waals surface area contributed by atoms with Crippen molar-refractivity contribution in [1.29, 1.82) is 0 Å². The molecule has 0 radical (unpaired) electrons. The number of rotatable bonds is 6. The fourth-order valence-electron chi connectivity index (χ4n) is 3.11. The van der Waals surface area contributed by atoms with Crippen molar-refractivity contribution in [2.24, 2.45) is 0 Å². The Labute approximate surface area is 180 Å². The van der Waals surface area contributed by atoms with Crippen LogP contribution in [0.2, 0.25) is 0 Å². The minimum Gasteiger partial charge on any atom is -0.411 e. The van der Waals surface area contributed by atoms with E-state index in [4.69, 9.17) is 4.42 Å². The molecule has 4 rings (SSSR count). The number of aromatic nitrogens is 4. The molecule has 0 atom stereocenters. The molecule has 0 amide bonds. The lowest BCUT2D eigenvalue weighted by Gasteiger charge is -2.20. The van der Waals surface area contributed by atoms with Crippen molar-refractivity contribution >= 4 is 28.4 Å². The van der Waals surface area contributed by atoms with Crippen LogP contribution in [0.5, 0.6) is 0 Å². The van der Waals surface area contributed by atoms with Crippen molar-refractivity contribution in [3.05, 3.63) is 54.4 Å². The average Bonchev–Trinajstić information content (AvgIpc) is 3.23. The van der Waals surface area contributed by atoms with Crippen LogP contribution in [0.15, 0.2) is 63.2 Å². The first kappa shape index (κ1) is 21.1. The van der Waals surface area contributed by atoms with Gasteiger partial charge in [-0.1, -0.05) is 18.2 Å². The van der Waals surface area contributed by atoms with E-state index < -0.39 is 12.0 Å². The molecule has 10 heteroatoms. The van der Waals surface area contributed by atoms with E-state index in [1.807, 2.05) is 24.3 Å². The van der Waals surface area contributed by atoms with Gasteiger partial charge in [0, 0.05) is 29.7 Å². The number of hydrogen-bond acceptors (Lipinski definition) is 7. The highest BCUT2D eigenvalue weighted by Crippen LogP contribution is 2.35. The van der Waals surface area contributed by atoms with Crippen molar-refractivity contribution < 1.29 is 17.6 Å². The number of anilines is 1. The second-order valence-corrected chi connectivity index (χ2v) is 7.50. The molecule has 2 aromatic carbocycles. The van der Waals surface area contributed by atoms with E-state index >= 15 is 0 Å². The summed E-state index contributed by atoms with van der Waals surface area (Å²) in [4.78, 5) is 9.52. The Kier molecular flexibility index (Phi) is 5.81. The van der Waals surface area contributed by atoms with Gasteiger partial charge in [-0.2, -0.15) is 13.2 Å². The zero-order chi connectivity index (χ0) is 22.0. The predicted octanol–water partition coefficient (Wildman–Crippen LogP) is 5.70. The molecule has 0 saturated carbocycles. The number of alkyl halides is 3. The van der Waals surface area contributed by atoms with E-state index in [0.29, 0.717) is 5.39 Å². The summed E-state index contributed by atoms with van der Waals surface area (Å²) in [5.74, 6) is -0.927. The molecule has 0 fully saturated rings. The fourth-order valence-corrected chi connectivity index (χ4v) is 3.89. The standard InChI is InChI=1S/C21H18F3N5OS/c1-3-29(4-2)14-11-9-13(10-12-14)17-27-28-20(30-17)31-18-15-7-5-6-8-16(15)25-19(26-18)21(22,23)24/h5-12H,3-4H2,1-2H3. The van der Waals surface area contributed by atoms with Gasteiger partial charge in [0.25, 0.3) is 5.22 Å². The summed E-state index contributed by atoms with van der Waals surface area (Å²) in [7, 11) is 0. The van der Waals surface area contributed by atoms with Gasteiger partial charge in [0.1, 0.15) is 5.03 Å². The predicted molar refractivity (Wildman–Crippen MR) is 112 cm³/mol. The Balaban J connectivity index is 1.63. The zero-order valence-corrected chi connectivity index (χ0v) is 17.5. The van der Waals surface area contributed by atoms with Crippen LogP contribution in [0.1, 0.15) is 19.7 Å². The Hall–Kier alpha value is -3.14. The molecule has 0 bridgehead atoms. The van der Waals surface area contributed by atoms with Gasteiger partial charge in [-0.3, -0.25) is 0 Å². The molecule has 31 heavy (non-hydrogen) atoms. The maximum absolute atomic E-state index is 13.2. The molecule has 4 aromatic rings. The van der Waals surface area contributed by atoms with Crippen LogP contribution in [-0.4, -0.2) is 33.3 Å².